The number of methoxy groups -OCH3 is 1. The Kier molecular flexibility index (Phi) is 10.5. The lowest BCUT2D eigenvalue weighted by molar-refractivity contribution is -0.139. The summed E-state index contributed by atoms with van der Waals surface area (Å²) in [6.45, 7) is 4.77. The predicted molar refractivity (Wildman–Crippen MR) is 153 cm³/mol. The van der Waals surface area contributed by atoms with E-state index in [4.69, 9.17) is 16.3 Å². The largest absolute Gasteiger partial charge is 0.497 e. The van der Waals surface area contributed by atoms with Gasteiger partial charge in [-0.15, -0.1) is 0 Å². The van der Waals surface area contributed by atoms with Gasteiger partial charge in [0.2, 0.25) is 11.8 Å². The van der Waals surface area contributed by atoms with Crippen molar-refractivity contribution in [3.8, 4) is 5.75 Å². The standard InChI is InChI=1S/C29H33ClFN3O5S/c1-5-20(2)32-29(36)21(3)33(18-22-6-8-23(30)9-7-22)28(35)19-34(25-12-10-24(31)11-13-25)40(37,38)27-16-14-26(39-4)15-17-27/h6-17,20-21H,5,18-19H2,1-4H3,(H,32,36)/t20-,21-/m1/s1. The van der Waals surface area contributed by atoms with Crippen LogP contribution in [0.15, 0.2) is 77.7 Å². The molecule has 214 valence electrons. The molecule has 2 amide bonds. The molecule has 8 nitrogen and oxygen atoms in total. The number of hydrogen-bond donors (Lipinski definition) is 1. The number of amides is 2. The minimum atomic E-state index is -4.28. The van der Waals surface area contributed by atoms with E-state index in [9.17, 15) is 22.4 Å². The molecule has 40 heavy (non-hydrogen) atoms. The van der Waals surface area contributed by atoms with E-state index in [-0.39, 0.29) is 29.1 Å². The van der Waals surface area contributed by atoms with Crippen molar-refractivity contribution >= 4 is 39.1 Å². The Hall–Kier alpha value is -3.63. The van der Waals surface area contributed by atoms with E-state index >= 15 is 0 Å². The molecular formula is C29H33ClFN3O5S. The number of ether oxygens (including phenoxy) is 1. The van der Waals surface area contributed by atoms with Crippen molar-refractivity contribution in [2.75, 3.05) is 18.0 Å². The number of hydrogen-bond acceptors (Lipinski definition) is 5. The van der Waals surface area contributed by atoms with E-state index in [0.717, 1.165) is 16.4 Å². The zero-order chi connectivity index (χ0) is 29.4. The van der Waals surface area contributed by atoms with Crippen molar-refractivity contribution in [3.63, 3.8) is 0 Å². The van der Waals surface area contributed by atoms with Crippen LogP contribution in [0.25, 0.3) is 0 Å². The molecule has 0 spiro atoms. The van der Waals surface area contributed by atoms with Gasteiger partial charge in [0.15, 0.2) is 0 Å². The first-order valence-electron chi connectivity index (χ1n) is 12.7. The Morgan fingerprint density at radius 2 is 1.57 bits per heavy atom. The number of benzene rings is 3. The van der Waals surface area contributed by atoms with Crippen molar-refractivity contribution in [1.82, 2.24) is 10.2 Å². The van der Waals surface area contributed by atoms with Crippen LogP contribution in [0, 0.1) is 5.82 Å². The maximum absolute atomic E-state index is 13.9. The number of halogens is 2. The van der Waals surface area contributed by atoms with Crippen LogP contribution in [0.5, 0.6) is 5.75 Å². The number of anilines is 1. The van der Waals surface area contributed by atoms with Crippen LogP contribution in [0.1, 0.15) is 32.8 Å². The summed E-state index contributed by atoms with van der Waals surface area (Å²) in [4.78, 5) is 28.2. The second kappa shape index (κ2) is 13.6. The second-order valence-electron chi connectivity index (χ2n) is 9.31. The van der Waals surface area contributed by atoms with Crippen LogP contribution in [-0.4, -0.2) is 50.9 Å². The van der Waals surface area contributed by atoms with Gasteiger partial charge in [-0.25, -0.2) is 12.8 Å². The minimum Gasteiger partial charge on any atom is -0.497 e. The summed E-state index contributed by atoms with van der Waals surface area (Å²) in [6.07, 6.45) is 0.696. The summed E-state index contributed by atoms with van der Waals surface area (Å²) in [7, 11) is -2.82. The normalized spacial score (nSPS) is 12.8. The van der Waals surface area contributed by atoms with Gasteiger partial charge >= 0.3 is 0 Å². The van der Waals surface area contributed by atoms with Crippen molar-refractivity contribution in [2.45, 2.75) is 50.7 Å². The molecule has 3 aromatic carbocycles. The molecule has 0 saturated heterocycles. The fourth-order valence-electron chi connectivity index (χ4n) is 3.85. The average molecular weight is 590 g/mol. The van der Waals surface area contributed by atoms with E-state index in [1.165, 1.54) is 48.4 Å². The molecule has 0 fully saturated rings. The molecule has 0 saturated carbocycles. The van der Waals surface area contributed by atoms with E-state index in [2.05, 4.69) is 5.32 Å². The van der Waals surface area contributed by atoms with Crippen LogP contribution >= 0.6 is 11.6 Å². The molecule has 11 heteroatoms. The van der Waals surface area contributed by atoms with Gasteiger partial charge in [0.05, 0.1) is 17.7 Å². The molecule has 0 aliphatic heterocycles. The lowest BCUT2D eigenvalue weighted by Gasteiger charge is -2.32. The van der Waals surface area contributed by atoms with Crippen LogP contribution < -0.4 is 14.4 Å². The highest BCUT2D eigenvalue weighted by molar-refractivity contribution is 7.92. The summed E-state index contributed by atoms with van der Waals surface area (Å²) < 4.78 is 47.3. The number of sulfonamides is 1. The number of rotatable bonds is 12. The summed E-state index contributed by atoms with van der Waals surface area (Å²) in [5, 5.41) is 3.39. The van der Waals surface area contributed by atoms with Crippen molar-refractivity contribution < 1.29 is 27.1 Å². The topological polar surface area (TPSA) is 96.0 Å². The fourth-order valence-corrected chi connectivity index (χ4v) is 5.39. The molecule has 3 rings (SSSR count). The smallest absolute Gasteiger partial charge is 0.264 e. The third-order valence-corrected chi connectivity index (χ3v) is 8.52. The number of nitrogens with one attached hydrogen (secondary N) is 1. The minimum absolute atomic E-state index is 0.0327. The quantitative estimate of drug-likeness (QED) is 0.320. The number of nitrogens with zero attached hydrogens (tertiary/aromatic N) is 2. The van der Waals surface area contributed by atoms with Crippen molar-refractivity contribution in [3.05, 3.63) is 89.2 Å². The molecule has 0 aromatic heterocycles. The van der Waals surface area contributed by atoms with E-state index < -0.39 is 34.3 Å². The summed E-state index contributed by atoms with van der Waals surface area (Å²) >= 11 is 6.02. The first-order valence-corrected chi connectivity index (χ1v) is 14.5. The molecule has 0 heterocycles. The Balaban J connectivity index is 2.01. The van der Waals surface area contributed by atoms with Gasteiger partial charge in [0.25, 0.3) is 10.0 Å². The van der Waals surface area contributed by atoms with Crippen LogP contribution in [-0.2, 0) is 26.2 Å². The lowest BCUT2D eigenvalue weighted by Crippen LogP contribution is -2.52. The van der Waals surface area contributed by atoms with E-state index in [1.807, 2.05) is 13.8 Å². The monoisotopic (exact) mass is 589 g/mol. The lowest BCUT2D eigenvalue weighted by atomic mass is 10.1. The van der Waals surface area contributed by atoms with Crippen molar-refractivity contribution in [2.24, 2.45) is 0 Å². The SMILES string of the molecule is CC[C@@H](C)NC(=O)[C@@H](C)N(Cc1ccc(Cl)cc1)C(=O)CN(c1ccc(F)cc1)S(=O)(=O)c1ccc(OC)cc1. The highest BCUT2D eigenvalue weighted by Gasteiger charge is 2.32. The highest BCUT2D eigenvalue weighted by Crippen LogP contribution is 2.26. The molecular weight excluding hydrogens is 557 g/mol. The van der Waals surface area contributed by atoms with Gasteiger partial charge in [0, 0.05) is 17.6 Å². The van der Waals surface area contributed by atoms with Gasteiger partial charge in [-0.05, 0) is 86.5 Å². The zero-order valence-corrected chi connectivity index (χ0v) is 24.4. The molecule has 0 radical (unpaired) electrons. The average Bonchev–Trinajstić information content (AvgIpc) is 2.95. The number of carbonyl (C=O) groups is 2. The molecule has 0 aliphatic rings. The second-order valence-corrected chi connectivity index (χ2v) is 11.6. The first-order chi connectivity index (χ1) is 19.0. The van der Waals surface area contributed by atoms with Gasteiger partial charge in [0.1, 0.15) is 24.2 Å². The summed E-state index contributed by atoms with van der Waals surface area (Å²) in [5.41, 5.74) is 0.793. The third-order valence-electron chi connectivity index (χ3n) is 6.48. The molecule has 2 atom stereocenters. The number of carbonyl (C=O) groups excluding carboxylic acids is 2. The third kappa shape index (κ3) is 7.73. The van der Waals surface area contributed by atoms with Gasteiger partial charge in [-0.1, -0.05) is 30.7 Å². The Labute approximate surface area is 239 Å². The summed E-state index contributed by atoms with van der Waals surface area (Å²) in [5.74, 6) is -1.10. The van der Waals surface area contributed by atoms with Crippen molar-refractivity contribution in [1.29, 1.82) is 0 Å². The van der Waals surface area contributed by atoms with E-state index in [0.29, 0.717) is 22.8 Å². The van der Waals surface area contributed by atoms with Gasteiger partial charge in [-0.2, -0.15) is 0 Å². The maximum Gasteiger partial charge on any atom is 0.264 e. The Bertz CT molecular complexity index is 1400. The predicted octanol–water partition coefficient (Wildman–Crippen LogP) is 5.02. The van der Waals surface area contributed by atoms with Crippen LogP contribution in [0.3, 0.4) is 0 Å². The first kappa shape index (κ1) is 30.9. The maximum atomic E-state index is 13.9. The van der Waals surface area contributed by atoms with Crippen LogP contribution in [0.4, 0.5) is 10.1 Å². The summed E-state index contributed by atoms with van der Waals surface area (Å²) in [6, 6.07) is 16.3. The Morgan fingerprint density at radius 1 is 0.975 bits per heavy atom. The van der Waals surface area contributed by atoms with E-state index in [1.54, 1.807) is 31.2 Å². The molecule has 3 aromatic rings. The van der Waals surface area contributed by atoms with Gasteiger partial charge in [-0.3, -0.25) is 13.9 Å². The molecule has 0 unspecified atom stereocenters. The zero-order valence-electron chi connectivity index (χ0n) is 22.8. The molecule has 0 bridgehead atoms. The highest BCUT2D eigenvalue weighted by atomic mass is 35.5. The van der Waals surface area contributed by atoms with Crippen LogP contribution in [0.2, 0.25) is 5.02 Å². The molecule has 1 N–H and O–H groups in total. The van der Waals surface area contributed by atoms with Gasteiger partial charge < -0.3 is 15.0 Å². The Morgan fingerprint density at radius 3 is 2.12 bits per heavy atom. The molecule has 0 aliphatic carbocycles. The fraction of sp³-hybridized carbons (Fsp3) is 0.310.